The van der Waals surface area contributed by atoms with Crippen molar-refractivity contribution < 1.29 is 9.59 Å². The lowest BCUT2D eigenvalue weighted by Gasteiger charge is -2.35. The predicted molar refractivity (Wildman–Crippen MR) is 93.3 cm³/mol. The minimum Gasteiger partial charge on any atom is -0.369 e. The first-order valence-corrected chi connectivity index (χ1v) is 8.86. The van der Waals surface area contributed by atoms with Gasteiger partial charge in [0, 0.05) is 26.2 Å². The second kappa shape index (κ2) is 6.93. The molecule has 0 bridgehead atoms. The first-order chi connectivity index (χ1) is 11.5. The van der Waals surface area contributed by atoms with Crippen LogP contribution in [0.4, 0.5) is 0 Å². The van der Waals surface area contributed by atoms with Gasteiger partial charge >= 0.3 is 0 Å². The van der Waals surface area contributed by atoms with E-state index in [1.807, 2.05) is 30.1 Å². The highest BCUT2D eigenvalue weighted by Crippen LogP contribution is 2.42. The monoisotopic (exact) mass is 329 g/mol. The second-order valence-corrected chi connectivity index (χ2v) is 7.27. The van der Waals surface area contributed by atoms with Crippen molar-refractivity contribution in [3.05, 3.63) is 35.9 Å². The molecule has 5 nitrogen and oxygen atoms in total. The van der Waals surface area contributed by atoms with Crippen molar-refractivity contribution in [3.63, 3.8) is 0 Å². The average molecular weight is 329 g/mol. The summed E-state index contributed by atoms with van der Waals surface area (Å²) in [7, 11) is 1.98. The number of carbonyl (C=O) groups excluding carboxylic acids is 2. The molecule has 0 unspecified atom stereocenters. The third-order valence-corrected chi connectivity index (χ3v) is 5.61. The third kappa shape index (κ3) is 3.18. The quantitative estimate of drug-likeness (QED) is 0.911. The summed E-state index contributed by atoms with van der Waals surface area (Å²) in [6.07, 6.45) is 3.94. The Morgan fingerprint density at radius 2 is 1.75 bits per heavy atom. The summed E-state index contributed by atoms with van der Waals surface area (Å²) >= 11 is 0. The predicted octanol–water partition coefficient (Wildman–Crippen LogP) is 1.37. The van der Waals surface area contributed by atoms with Crippen molar-refractivity contribution in [2.45, 2.75) is 31.1 Å². The smallest absolute Gasteiger partial charge is 0.233 e. The fraction of sp³-hybridized carbons (Fsp3) is 0.579. The number of hydrogen-bond donors (Lipinski definition) is 1. The number of hydrogen-bond acceptors (Lipinski definition) is 3. The second-order valence-electron chi connectivity index (χ2n) is 7.27. The molecule has 1 aliphatic heterocycles. The normalized spacial score (nSPS) is 24.5. The summed E-state index contributed by atoms with van der Waals surface area (Å²) in [5.41, 5.74) is 6.24. The molecule has 24 heavy (non-hydrogen) atoms. The van der Waals surface area contributed by atoms with Crippen LogP contribution in [0.3, 0.4) is 0 Å². The van der Waals surface area contributed by atoms with Crippen LogP contribution in [0, 0.1) is 5.92 Å². The molecule has 2 amide bonds. The van der Waals surface area contributed by atoms with Crippen LogP contribution in [-0.4, -0.2) is 54.8 Å². The molecule has 1 aromatic carbocycles. The Bertz CT molecular complexity index is 596. The highest BCUT2D eigenvalue weighted by molar-refractivity contribution is 5.89. The molecule has 5 heteroatoms. The molecular formula is C19H27N3O2. The zero-order chi connectivity index (χ0) is 17.2. The standard InChI is InChI=1S/C19H27N3O2/c1-21-11-12-22(14-15(13-21)17(20)23)18(24)19(9-5-6-10-19)16-7-3-2-4-8-16/h2-4,7-8,15H,5-6,9-14H2,1H3,(H2,20,23)/t15-/m1/s1. The molecule has 130 valence electrons. The Morgan fingerprint density at radius 1 is 1.08 bits per heavy atom. The summed E-state index contributed by atoms with van der Waals surface area (Å²) in [6, 6.07) is 10.1. The number of nitrogens with two attached hydrogens (primary N) is 1. The van der Waals surface area contributed by atoms with Gasteiger partial charge in [-0.3, -0.25) is 9.59 Å². The molecule has 0 radical (unpaired) electrons. The summed E-state index contributed by atoms with van der Waals surface area (Å²) in [4.78, 5) is 29.2. The topological polar surface area (TPSA) is 66.6 Å². The van der Waals surface area contributed by atoms with Crippen molar-refractivity contribution in [3.8, 4) is 0 Å². The van der Waals surface area contributed by atoms with Gasteiger partial charge in [-0.05, 0) is 25.5 Å². The van der Waals surface area contributed by atoms with Crippen LogP contribution in [0.5, 0.6) is 0 Å². The van der Waals surface area contributed by atoms with Gasteiger partial charge in [0.1, 0.15) is 0 Å². The molecule has 2 aliphatic rings. The van der Waals surface area contributed by atoms with Gasteiger partial charge in [-0.25, -0.2) is 0 Å². The van der Waals surface area contributed by atoms with Gasteiger partial charge in [-0.15, -0.1) is 0 Å². The first-order valence-electron chi connectivity index (χ1n) is 8.86. The average Bonchev–Trinajstić information content (AvgIpc) is 3.00. The zero-order valence-corrected chi connectivity index (χ0v) is 14.4. The Labute approximate surface area is 143 Å². The molecule has 1 aromatic rings. The van der Waals surface area contributed by atoms with Gasteiger partial charge in [0.2, 0.25) is 11.8 Å². The minimum absolute atomic E-state index is 0.174. The maximum Gasteiger partial charge on any atom is 0.233 e. The Morgan fingerprint density at radius 3 is 2.38 bits per heavy atom. The SMILES string of the molecule is CN1CCN(C(=O)C2(c3ccccc3)CCCC2)C[C@H](C(N)=O)C1. The van der Waals surface area contributed by atoms with E-state index in [1.54, 1.807) is 0 Å². The molecule has 1 atom stereocenters. The van der Waals surface area contributed by atoms with E-state index >= 15 is 0 Å². The van der Waals surface area contributed by atoms with Crippen LogP contribution >= 0.6 is 0 Å². The third-order valence-electron chi connectivity index (χ3n) is 5.61. The van der Waals surface area contributed by atoms with E-state index in [0.717, 1.165) is 37.8 Å². The number of carbonyl (C=O) groups is 2. The lowest BCUT2D eigenvalue weighted by molar-refractivity contribution is -0.138. The molecule has 1 saturated carbocycles. The molecule has 3 rings (SSSR count). The molecule has 1 heterocycles. The fourth-order valence-electron chi connectivity index (χ4n) is 4.20. The van der Waals surface area contributed by atoms with Crippen molar-refractivity contribution in [2.75, 3.05) is 33.2 Å². The first kappa shape index (κ1) is 17.0. The van der Waals surface area contributed by atoms with Gasteiger partial charge in [0.15, 0.2) is 0 Å². The van der Waals surface area contributed by atoms with E-state index < -0.39 is 5.41 Å². The highest BCUT2D eigenvalue weighted by atomic mass is 16.2. The van der Waals surface area contributed by atoms with Gasteiger partial charge in [-0.2, -0.15) is 0 Å². The molecular weight excluding hydrogens is 302 g/mol. The van der Waals surface area contributed by atoms with E-state index in [-0.39, 0.29) is 17.7 Å². The highest BCUT2D eigenvalue weighted by Gasteiger charge is 2.45. The summed E-state index contributed by atoms with van der Waals surface area (Å²) in [6.45, 7) is 2.50. The lowest BCUT2D eigenvalue weighted by Crippen LogP contribution is -2.48. The van der Waals surface area contributed by atoms with Gasteiger partial charge < -0.3 is 15.5 Å². The molecule has 0 spiro atoms. The molecule has 2 N–H and O–H groups in total. The summed E-state index contributed by atoms with van der Waals surface area (Å²) in [5, 5.41) is 0. The Balaban J connectivity index is 1.89. The molecule has 0 aromatic heterocycles. The van der Waals surface area contributed by atoms with Gasteiger partial charge in [-0.1, -0.05) is 43.2 Å². The largest absolute Gasteiger partial charge is 0.369 e. The molecule has 1 saturated heterocycles. The van der Waals surface area contributed by atoms with Crippen LogP contribution < -0.4 is 5.73 Å². The van der Waals surface area contributed by atoms with Crippen molar-refractivity contribution >= 4 is 11.8 Å². The van der Waals surface area contributed by atoms with Crippen molar-refractivity contribution in [1.29, 1.82) is 0 Å². The van der Waals surface area contributed by atoms with E-state index in [4.69, 9.17) is 5.73 Å². The number of primary amides is 1. The van der Waals surface area contributed by atoms with E-state index in [9.17, 15) is 9.59 Å². The zero-order valence-electron chi connectivity index (χ0n) is 14.4. The van der Waals surface area contributed by atoms with Crippen LogP contribution in [0.1, 0.15) is 31.2 Å². The van der Waals surface area contributed by atoms with E-state index in [1.165, 1.54) is 0 Å². The number of likely N-dealkylation sites (N-methyl/N-ethyl adjacent to an activating group) is 1. The number of rotatable bonds is 3. The van der Waals surface area contributed by atoms with Crippen molar-refractivity contribution in [2.24, 2.45) is 11.7 Å². The minimum atomic E-state index is -0.424. The van der Waals surface area contributed by atoms with Crippen molar-refractivity contribution in [1.82, 2.24) is 9.80 Å². The number of nitrogens with zero attached hydrogens (tertiary/aromatic N) is 2. The number of benzene rings is 1. The van der Waals surface area contributed by atoms with E-state index in [0.29, 0.717) is 19.6 Å². The molecule has 2 fully saturated rings. The van der Waals surface area contributed by atoms with Gasteiger partial charge in [0.25, 0.3) is 0 Å². The molecule has 1 aliphatic carbocycles. The van der Waals surface area contributed by atoms with Crippen LogP contribution in [0.25, 0.3) is 0 Å². The van der Waals surface area contributed by atoms with Gasteiger partial charge in [0.05, 0.1) is 11.3 Å². The van der Waals surface area contributed by atoms with Crippen LogP contribution in [-0.2, 0) is 15.0 Å². The number of amides is 2. The summed E-state index contributed by atoms with van der Waals surface area (Å²) in [5.74, 6) is -0.440. The van der Waals surface area contributed by atoms with Crippen LogP contribution in [0.15, 0.2) is 30.3 Å². The van der Waals surface area contributed by atoms with E-state index in [2.05, 4.69) is 17.0 Å². The van der Waals surface area contributed by atoms with Crippen LogP contribution in [0.2, 0.25) is 0 Å². The maximum atomic E-state index is 13.5. The summed E-state index contributed by atoms with van der Waals surface area (Å²) < 4.78 is 0. The maximum absolute atomic E-state index is 13.5. The Hall–Kier alpha value is -1.88. The Kier molecular flexibility index (Phi) is 4.90. The fourth-order valence-corrected chi connectivity index (χ4v) is 4.20. The lowest BCUT2D eigenvalue weighted by atomic mass is 9.77.